The minimum absolute atomic E-state index is 0.473. The Bertz CT molecular complexity index is 275. The molecule has 1 unspecified atom stereocenters. The maximum atomic E-state index is 5.67. The topological polar surface area (TPSA) is 13.1 Å². The maximum absolute atomic E-state index is 5.67. The van der Waals surface area contributed by atoms with Crippen molar-refractivity contribution in [3.05, 3.63) is 23.1 Å². The van der Waals surface area contributed by atoms with E-state index in [1.807, 2.05) is 17.8 Å². The van der Waals surface area contributed by atoms with Gasteiger partial charge in [-0.05, 0) is 48.2 Å². The Hall–Kier alpha value is 0.210. The smallest absolute Gasteiger partial charge is 0.193 e. The van der Waals surface area contributed by atoms with Gasteiger partial charge in [0.25, 0.3) is 0 Å². The van der Waals surface area contributed by atoms with Crippen LogP contribution in [0.3, 0.4) is 0 Å². The molecule has 0 aliphatic carbocycles. The summed E-state index contributed by atoms with van der Waals surface area (Å²) < 4.78 is 5.26. The quantitative estimate of drug-likeness (QED) is 0.519. The summed E-state index contributed by atoms with van der Waals surface area (Å²) in [5.41, 5.74) is 0. The number of alkyl halides is 1. The summed E-state index contributed by atoms with van der Waals surface area (Å²) in [5.74, 6) is 4.49. The van der Waals surface area contributed by atoms with Gasteiger partial charge < -0.3 is 4.42 Å². The molecule has 0 amide bonds. The van der Waals surface area contributed by atoms with E-state index < -0.39 is 0 Å². The first-order valence-corrected chi connectivity index (χ1v) is 7.17. The Kier molecular flexibility index (Phi) is 6.62. The van der Waals surface area contributed by atoms with Crippen molar-refractivity contribution < 1.29 is 4.42 Å². The number of hydrogen-bond donors (Lipinski definition) is 0. The van der Waals surface area contributed by atoms with Gasteiger partial charge >= 0.3 is 0 Å². The third-order valence-electron chi connectivity index (χ3n) is 2.23. The van der Waals surface area contributed by atoms with Crippen LogP contribution in [0, 0.1) is 5.92 Å². The molecular weight excluding hydrogens is 251 g/mol. The minimum Gasteiger partial charge on any atom is -0.449 e. The van der Waals surface area contributed by atoms with Crippen LogP contribution < -0.4 is 0 Å². The molecule has 1 nitrogen and oxygen atoms in total. The van der Waals surface area contributed by atoms with Gasteiger partial charge in [-0.15, -0.1) is 11.6 Å². The molecule has 0 fully saturated rings. The highest BCUT2D eigenvalue weighted by molar-refractivity contribution is 7.98. The van der Waals surface area contributed by atoms with Gasteiger partial charge in [0, 0.05) is 5.88 Å². The fourth-order valence-corrected chi connectivity index (χ4v) is 2.82. The molecule has 0 spiro atoms. The molecule has 0 saturated heterocycles. The predicted molar refractivity (Wildman–Crippen MR) is 69.0 cm³/mol. The van der Waals surface area contributed by atoms with E-state index in [0.29, 0.717) is 5.22 Å². The third kappa shape index (κ3) is 5.74. The lowest BCUT2D eigenvalue weighted by Gasteiger charge is -2.07. The lowest BCUT2D eigenvalue weighted by molar-refractivity contribution is 0.531. The molecule has 0 aliphatic heterocycles. The first kappa shape index (κ1) is 13.3. The predicted octanol–water partition coefficient (Wildman–Crippen LogP) is 4.82. The van der Waals surface area contributed by atoms with Crippen molar-refractivity contribution in [3.63, 3.8) is 0 Å². The molecule has 0 aromatic carbocycles. The summed E-state index contributed by atoms with van der Waals surface area (Å²) in [6.45, 7) is 2.24. The van der Waals surface area contributed by atoms with Crippen molar-refractivity contribution in [1.29, 1.82) is 0 Å². The first-order chi connectivity index (χ1) is 7.22. The van der Waals surface area contributed by atoms with E-state index in [1.165, 1.54) is 6.42 Å². The van der Waals surface area contributed by atoms with Crippen LogP contribution >= 0.6 is 35.0 Å². The molecule has 4 heteroatoms. The SMILES string of the molecule is CC(CCCl)CCSCc1ccc(Cl)o1. The summed E-state index contributed by atoms with van der Waals surface area (Å²) in [5, 5.41) is 0.473. The van der Waals surface area contributed by atoms with Gasteiger partial charge in [0.15, 0.2) is 5.22 Å². The minimum atomic E-state index is 0.473. The van der Waals surface area contributed by atoms with Crippen LogP contribution in [0.15, 0.2) is 16.5 Å². The van der Waals surface area contributed by atoms with Crippen LogP contribution in [0.5, 0.6) is 0 Å². The zero-order chi connectivity index (χ0) is 11.1. The van der Waals surface area contributed by atoms with Crippen LogP contribution in [0.4, 0.5) is 0 Å². The van der Waals surface area contributed by atoms with E-state index in [-0.39, 0.29) is 0 Å². The number of thioether (sulfide) groups is 1. The van der Waals surface area contributed by atoms with Gasteiger partial charge in [0.2, 0.25) is 0 Å². The molecule has 1 heterocycles. The van der Waals surface area contributed by atoms with Gasteiger partial charge in [0.1, 0.15) is 5.76 Å². The van der Waals surface area contributed by atoms with Crippen LogP contribution in [-0.2, 0) is 5.75 Å². The normalized spacial score (nSPS) is 13.0. The van der Waals surface area contributed by atoms with Crippen molar-refractivity contribution in [2.24, 2.45) is 5.92 Å². The second kappa shape index (κ2) is 7.48. The van der Waals surface area contributed by atoms with Crippen LogP contribution in [0.1, 0.15) is 25.5 Å². The zero-order valence-corrected chi connectivity index (χ0v) is 11.2. The van der Waals surface area contributed by atoms with Crippen molar-refractivity contribution in [2.45, 2.75) is 25.5 Å². The number of halogens is 2. The number of hydrogen-bond acceptors (Lipinski definition) is 2. The highest BCUT2D eigenvalue weighted by atomic mass is 35.5. The van der Waals surface area contributed by atoms with Gasteiger partial charge in [-0.1, -0.05) is 6.92 Å². The molecule has 1 rings (SSSR count). The van der Waals surface area contributed by atoms with Gasteiger partial charge in [-0.3, -0.25) is 0 Å². The standard InChI is InChI=1S/C11H16Cl2OS/c1-9(4-6-12)5-7-15-8-10-2-3-11(13)14-10/h2-3,9H,4-8H2,1H3. The first-order valence-electron chi connectivity index (χ1n) is 5.10. The van der Waals surface area contributed by atoms with Gasteiger partial charge in [0.05, 0.1) is 5.75 Å². The highest BCUT2D eigenvalue weighted by Gasteiger charge is 2.03. The van der Waals surface area contributed by atoms with E-state index in [4.69, 9.17) is 27.6 Å². The Morgan fingerprint density at radius 3 is 2.80 bits per heavy atom. The van der Waals surface area contributed by atoms with E-state index >= 15 is 0 Å². The molecular formula is C11H16Cl2OS. The van der Waals surface area contributed by atoms with Crippen molar-refractivity contribution >= 4 is 35.0 Å². The summed E-state index contributed by atoms with van der Waals surface area (Å²) in [4.78, 5) is 0. The molecule has 0 N–H and O–H groups in total. The van der Waals surface area contributed by atoms with Crippen molar-refractivity contribution in [3.8, 4) is 0 Å². The Labute approximate surface area is 106 Å². The van der Waals surface area contributed by atoms with Crippen molar-refractivity contribution in [1.82, 2.24) is 0 Å². The van der Waals surface area contributed by atoms with E-state index in [1.54, 1.807) is 6.07 Å². The zero-order valence-electron chi connectivity index (χ0n) is 8.84. The van der Waals surface area contributed by atoms with E-state index in [9.17, 15) is 0 Å². The number of rotatable bonds is 7. The third-order valence-corrected chi connectivity index (χ3v) is 3.66. The Morgan fingerprint density at radius 2 is 2.20 bits per heavy atom. The van der Waals surface area contributed by atoms with Crippen LogP contribution in [0.2, 0.25) is 5.22 Å². The molecule has 0 saturated carbocycles. The molecule has 86 valence electrons. The lowest BCUT2D eigenvalue weighted by atomic mass is 10.1. The number of furan rings is 1. The maximum Gasteiger partial charge on any atom is 0.193 e. The van der Waals surface area contributed by atoms with E-state index in [2.05, 4.69) is 6.92 Å². The van der Waals surface area contributed by atoms with Crippen molar-refractivity contribution in [2.75, 3.05) is 11.6 Å². The summed E-state index contributed by atoms with van der Waals surface area (Å²) in [7, 11) is 0. The second-order valence-electron chi connectivity index (χ2n) is 3.63. The Morgan fingerprint density at radius 1 is 1.40 bits per heavy atom. The molecule has 0 aliphatic rings. The molecule has 1 atom stereocenters. The molecule has 0 bridgehead atoms. The molecule has 1 aromatic heterocycles. The van der Waals surface area contributed by atoms with Gasteiger partial charge in [-0.2, -0.15) is 11.8 Å². The summed E-state index contributed by atoms with van der Waals surface area (Å²) in [6, 6.07) is 3.71. The fourth-order valence-electron chi connectivity index (χ4n) is 1.22. The monoisotopic (exact) mass is 266 g/mol. The lowest BCUT2D eigenvalue weighted by Crippen LogP contribution is -1.97. The second-order valence-corrected chi connectivity index (χ2v) is 5.49. The average Bonchev–Trinajstić information content (AvgIpc) is 2.60. The van der Waals surface area contributed by atoms with E-state index in [0.717, 1.165) is 35.5 Å². The molecule has 15 heavy (non-hydrogen) atoms. The van der Waals surface area contributed by atoms with Crippen LogP contribution in [-0.4, -0.2) is 11.6 Å². The summed E-state index contributed by atoms with van der Waals surface area (Å²) >= 11 is 13.2. The van der Waals surface area contributed by atoms with Gasteiger partial charge in [-0.25, -0.2) is 0 Å². The largest absolute Gasteiger partial charge is 0.449 e. The summed E-state index contributed by atoms with van der Waals surface area (Å²) in [6.07, 6.45) is 2.32. The fraction of sp³-hybridized carbons (Fsp3) is 0.636. The molecule has 0 radical (unpaired) electrons. The Balaban J connectivity index is 2.06. The highest BCUT2D eigenvalue weighted by Crippen LogP contribution is 2.20. The van der Waals surface area contributed by atoms with Crippen LogP contribution in [0.25, 0.3) is 0 Å². The average molecular weight is 267 g/mol. The molecule has 1 aromatic rings.